The molecule has 5 nitrogen and oxygen atoms in total. The van der Waals surface area contributed by atoms with E-state index in [-0.39, 0.29) is 0 Å². The number of carboxylic acid groups (broad SMARTS) is 1. The maximum atomic E-state index is 13.4. The number of nitrogens with one attached hydrogen (secondary N) is 1. The van der Waals surface area contributed by atoms with Crippen molar-refractivity contribution in [2.45, 2.75) is 24.8 Å². The van der Waals surface area contributed by atoms with Crippen LogP contribution in [0.1, 0.15) is 13.8 Å². The molecule has 0 fully saturated rings. The van der Waals surface area contributed by atoms with E-state index in [2.05, 4.69) is 0 Å². The van der Waals surface area contributed by atoms with E-state index >= 15 is 0 Å². The smallest absolute Gasteiger partial charge is 0.307 e. The highest BCUT2D eigenvalue weighted by Gasteiger charge is 2.27. The molecule has 1 aromatic rings. The van der Waals surface area contributed by atoms with Crippen LogP contribution in [0.2, 0.25) is 0 Å². The largest absolute Gasteiger partial charge is 0.481 e. The highest BCUT2D eigenvalue weighted by Crippen LogP contribution is 2.17. The van der Waals surface area contributed by atoms with Crippen LogP contribution in [0.5, 0.6) is 0 Å². The van der Waals surface area contributed by atoms with Crippen molar-refractivity contribution in [1.29, 1.82) is 0 Å². The molecule has 0 saturated heterocycles. The second-order valence-electron chi connectivity index (χ2n) is 4.11. The SMILES string of the molecule is CC(NS(=O)(=O)c1cc(F)ccc1F)C(C)C(=O)O. The molecular weight excluding hydrogens is 280 g/mol. The summed E-state index contributed by atoms with van der Waals surface area (Å²) in [4.78, 5) is 9.87. The van der Waals surface area contributed by atoms with E-state index in [1.165, 1.54) is 13.8 Å². The van der Waals surface area contributed by atoms with Crippen molar-refractivity contribution in [2.24, 2.45) is 5.92 Å². The maximum Gasteiger partial charge on any atom is 0.307 e. The normalized spacial score (nSPS) is 14.9. The fourth-order valence-electron chi connectivity index (χ4n) is 1.31. The Morgan fingerprint density at radius 2 is 1.89 bits per heavy atom. The quantitative estimate of drug-likeness (QED) is 0.858. The Kier molecular flexibility index (Phi) is 4.59. The van der Waals surface area contributed by atoms with Crippen molar-refractivity contribution in [3.05, 3.63) is 29.8 Å². The van der Waals surface area contributed by atoms with Gasteiger partial charge in [0.25, 0.3) is 0 Å². The molecule has 0 bridgehead atoms. The van der Waals surface area contributed by atoms with Gasteiger partial charge in [0.1, 0.15) is 16.5 Å². The summed E-state index contributed by atoms with van der Waals surface area (Å²) in [5, 5.41) is 8.75. The molecule has 0 saturated carbocycles. The van der Waals surface area contributed by atoms with Crippen LogP contribution in [-0.4, -0.2) is 25.5 Å². The first-order valence-corrected chi connectivity index (χ1v) is 6.83. The summed E-state index contributed by atoms with van der Waals surface area (Å²) in [7, 11) is -4.32. The lowest BCUT2D eigenvalue weighted by Gasteiger charge is -2.18. The second kappa shape index (κ2) is 5.62. The van der Waals surface area contributed by atoms with Gasteiger partial charge in [-0.1, -0.05) is 6.92 Å². The first-order valence-electron chi connectivity index (χ1n) is 5.35. The Labute approximate surface area is 109 Å². The number of sulfonamides is 1. The molecule has 0 heterocycles. The Balaban J connectivity index is 3.05. The second-order valence-corrected chi connectivity index (χ2v) is 5.79. The number of carboxylic acids is 1. The monoisotopic (exact) mass is 293 g/mol. The van der Waals surface area contributed by atoms with Crippen molar-refractivity contribution >= 4 is 16.0 Å². The topological polar surface area (TPSA) is 83.5 Å². The van der Waals surface area contributed by atoms with E-state index in [0.29, 0.717) is 12.1 Å². The zero-order valence-corrected chi connectivity index (χ0v) is 11.0. The van der Waals surface area contributed by atoms with Crippen molar-refractivity contribution in [3.63, 3.8) is 0 Å². The molecule has 8 heteroatoms. The molecule has 1 rings (SSSR count). The van der Waals surface area contributed by atoms with Crippen molar-refractivity contribution in [1.82, 2.24) is 4.72 Å². The highest BCUT2D eigenvalue weighted by atomic mass is 32.2. The van der Waals surface area contributed by atoms with Gasteiger partial charge in [-0.25, -0.2) is 21.9 Å². The van der Waals surface area contributed by atoms with Crippen molar-refractivity contribution in [3.8, 4) is 0 Å². The van der Waals surface area contributed by atoms with Crippen LogP contribution in [0.4, 0.5) is 8.78 Å². The summed E-state index contributed by atoms with van der Waals surface area (Å²) < 4.78 is 52.0. The summed E-state index contributed by atoms with van der Waals surface area (Å²) >= 11 is 0. The molecule has 0 aromatic heterocycles. The van der Waals surface area contributed by atoms with E-state index < -0.39 is 44.5 Å². The molecule has 2 atom stereocenters. The average molecular weight is 293 g/mol. The van der Waals surface area contributed by atoms with Crippen LogP contribution in [0.25, 0.3) is 0 Å². The number of aliphatic carboxylic acids is 1. The zero-order chi connectivity index (χ0) is 14.8. The summed E-state index contributed by atoms with van der Waals surface area (Å²) in [5.41, 5.74) is 0. The Bertz CT molecular complexity index is 588. The molecule has 1 aromatic carbocycles. The third-order valence-corrected chi connectivity index (χ3v) is 4.24. The maximum absolute atomic E-state index is 13.4. The zero-order valence-electron chi connectivity index (χ0n) is 10.2. The fraction of sp³-hybridized carbons (Fsp3) is 0.364. The molecule has 0 radical (unpaired) electrons. The number of hydrogen-bond acceptors (Lipinski definition) is 3. The van der Waals surface area contributed by atoms with E-state index in [1.807, 2.05) is 4.72 Å². The van der Waals surface area contributed by atoms with Gasteiger partial charge in [-0.05, 0) is 25.1 Å². The average Bonchev–Trinajstić information content (AvgIpc) is 2.30. The molecule has 19 heavy (non-hydrogen) atoms. The molecule has 2 unspecified atom stereocenters. The van der Waals surface area contributed by atoms with E-state index in [9.17, 15) is 22.0 Å². The van der Waals surface area contributed by atoms with Gasteiger partial charge >= 0.3 is 5.97 Å². The van der Waals surface area contributed by atoms with Crippen LogP contribution >= 0.6 is 0 Å². The summed E-state index contributed by atoms with van der Waals surface area (Å²) in [5.74, 6) is -4.22. The van der Waals surface area contributed by atoms with Crippen LogP contribution in [0, 0.1) is 17.6 Å². The number of hydrogen-bond donors (Lipinski definition) is 2. The van der Waals surface area contributed by atoms with E-state index in [0.717, 1.165) is 6.07 Å². The minimum atomic E-state index is -4.32. The highest BCUT2D eigenvalue weighted by molar-refractivity contribution is 7.89. The lowest BCUT2D eigenvalue weighted by Crippen LogP contribution is -2.40. The number of halogens is 2. The minimum Gasteiger partial charge on any atom is -0.481 e. The van der Waals surface area contributed by atoms with Gasteiger partial charge in [0.15, 0.2) is 0 Å². The predicted molar refractivity (Wildman–Crippen MR) is 62.9 cm³/mol. The Hall–Kier alpha value is -1.54. The van der Waals surface area contributed by atoms with Gasteiger partial charge in [-0.2, -0.15) is 0 Å². The molecular formula is C11H13F2NO4S. The van der Waals surface area contributed by atoms with Gasteiger partial charge in [0.05, 0.1) is 5.92 Å². The lowest BCUT2D eigenvalue weighted by atomic mass is 10.1. The predicted octanol–water partition coefficient (Wildman–Crippen LogP) is 1.35. The molecule has 2 N–H and O–H groups in total. The number of rotatable bonds is 5. The molecule has 0 spiro atoms. The van der Waals surface area contributed by atoms with Crippen molar-refractivity contribution in [2.75, 3.05) is 0 Å². The molecule has 0 amide bonds. The lowest BCUT2D eigenvalue weighted by molar-refractivity contribution is -0.141. The third-order valence-electron chi connectivity index (χ3n) is 2.66. The number of benzene rings is 1. The number of carbonyl (C=O) groups is 1. The van der Waals surface area contributed by atoms with Gasteiger partial charge < -0.3 is 5.11 Å². The minimum absolute atomic E-state index is 0.538. The summed E-state index contributed by atoms with van der Waals surface area (Å²) in [6, 6.07) is 1.05. The van der Waals surface area contributed by atoms with Gasteiger partial charge in [-0.15, -0.1) is 0 Å². The van der Waals surface area contributed by atoms with Crippen LogP contribution in [0.3, 0.4) is 0 Å². The van der Waals surface area contributed by atoms with E-state index in [1.54, 1.807) is 0 Å². The Morgan fingerprint density at radius 1 is 1.32 bits per heavy atom. The van der Waals surface area contributed by atoms with Crippen LogP contribution < -0.4 is 4.72 Å². The Morgan fingerprint density at radius 3 is 2.42 bits per heavy atom. The van der Waals surface area contributed by atoms with Gasteiger partial charge in [-0.3, -0.25) is 4.79 Å². The standard InChI is InChI=1S/C11H13F2NO4S/c1-6(11(15)16)7(2)14-19(17,18)10-5-8(12)3-4-9(10)13/h3-7,14H,1-2H3,(H,15,16). The van der Waals surface area contributed by atoms with Gasteiger partial charge in [0, 0.05) is 6.04 Å². The van der Waals surface area contributed by atoms with Gasteiger partial charge in [0.2, 0.25) is 10.0 Å². The first kappa shape index (κ1) is 15.5. The molecule has 0 aliphatic rings. The van der Waals surface area contributed by atoms with Crippen LogP contribution in [0.15, 0.2) is 23.1 Å². The third kappa shape index (κ3) is 3.71. The molecule has 106 valence electrons. The summed E-state index contributed by atoms with van der Waals surface area (Å²) in [6.45, 7) is 2.63. The molecule has 0 aliphatic heterocycles. The van der Waals surface area contributed by atoms with E-state index in [4.69, 9.17) is 5.11 Å². The van der Waals surface area contributed by atoms with Crippen LogP contribution in [-0.2, 0) is 14.8 Å². The summed E-state index contributed by atoms with van der Waals surface area (Å²) in [6.07, 6.45) is 0. The fourth-order valence-corrected chi connectivity index (χ4v) is 2.72. The molecule has 0 aliphatic carbocycles. The first-order chi connectivity index (χ1) is 8.65. The van der Waals surface area contributed by atoms with Crippen molar-refractivity contribution < 1.29 is 27.1 Å².